The van der Waals surface area contributed by atoms with E-state index in [2.05, 4.69) is 18.2 Å². The zero-order valence-corrected chi connectivity index (χ0v) is 23.2. The number of carbonyl (C=O) groups excluding carboxylic acids is 2. The third-order valence-electron chi connectivity index (χ3n) is 9.08. The molecule has 2 aliphatic carbocycles. The Morgan fingerprint density at radius 1 is 1.10 bits per heavy atom. The number of fused-ring (bicyclic) bond motifs is 3. The Labute approximate surface area is 232 Å². The van der Waals surface area contributed by atoms with Crippen molar-refractivity contribution in [3.63, 3.8) is 0 Å². The molecule has 3 aliphatic rings. The number of hydrogen-bond acceptors (Lipinski definition) is 3. The van der Waals surface area contributed by atoms with Gasteiger partial charge < -0.3 is 9.47 Å². The second-order valence-electron chi connectivity index (χ2n) is 12.3. The monoisotopic (exact) mass is 551 g/mol. The first-order chi connectivity index (χ1) is 19.0. The topological polar surface area (TPSA) is 55.2 Å². The van der Waals surface area contributed by atoms with Gasteiger partial charge in [-0.25, -0.2) is 4.98 Å². The van der Waals surface area contributed by atoms with E-state index >= 15 is 0 Å². The van der Waals surface area contributed by atoms with E-state index in [1.807, 2.05) is 36.6 Å². The molecule has 1 atom stereocenters. The van der Waals surface area contributed by atoms with Gasteiger partial charge in [0, 0.05) is 44.1 Å². The number of nitrogens with zero attached hydrogens (tertiary/aromatic N) is 3. The summed E-state index contributed by atoms with van der Waals surface area (Å²) in [7, 11) is 0. The van der Waals surface area contributed by atoms with Crippen molar-refractivity contribution in [2.24, 2.45) is 11.3 Å². The minimum absolute atomic E-state index is 0.00461. The molecular formula is C32H36F3N3O2. The number of Topliss-reactive ketones (excluding diaryl/α,β-unsaturated/α-hetero) is 1. The van der Waals surface area contributed by atoms with Crippen molar-refractivity contribution in [3.8, 4) is 0 Å². The Hall–Kier alpha value is -3.16. The molecule has 0 radical (unpaired) electrons. The molecule has 1 aromatic heterocycles. The number of rotatable bonds is 6. The number of ketones is 1. The molecule has 1 fully saturated rings. The third-order valence-corrected chi connectivity index (χ3v) is 9.08. The van der Waals surface area contributed by atoms with Crippen LogP contribution in [0.15, 0.2) is 36.4 Å². The fourth-order valence-corrected chi connectivity index (χ4v) is 7.12. The van der Waals surface area contributed by atoms with Crippen LogP contribution in [0.4, 0.5) is 13.2 Å². The fraction of sp³-hybridized carbons (Fsp3) is 0.531. The molecule has 0 bridgehead atoms. The standard InChI is InChI=1S/C32H36F3N3O2/c1-20(2)30(40)37-18-31(19-37)17-23-14-21-8-3-4-9-22(21)15-24(23)25(29(31)39)16-28-36-26-10-5-6-11-27(26)38(28)13-7-12-32(33,34)35/h3-4,8-9,14-15,20,25H,5-7,10-13,16-19H2,1-2H3. The molecule has 2 heterocycles. The average molecular weight is 552 g/mol. The molecule has 8 heteroatoms. The SMILES string of the molecule is CC(C)C(=O)N1CC2(Cc3cc4ccccc4cc3C(Cc3nc4c(n3CCCC(F)(F)F)CCCC4)C2=O)C1. The molecule has 3 aromatic rings. The van der Waals surface area contributed by atoms with Crippen LogP contribution in [0, 0.1) is 11.3 Å². The Morgan fingerprint density at radius 2 is 1.80 bits per heavy atom. The second kappa shape index (κ2) is 10.0. The average Bonchev–Trinajstić information content (AvgIpc) is 3.23. The van der Waals surface area contributed by atoms with E-state index in [1.165, 1.54) is 0 Å². The van der Waals surface area contributed by atoms with Gasteiger partial charge in [0.15, 0.2) is 5.78 Å². The largest absolute Gasteiger partial charge is 0.389 e. The summed E-state index contributed by atoms with van der Waals surface area (Å²) in [5.41, 5.74) is 3.50. The van der Waals surface area contributed by atoms with Crippen molar-refractivity contribution in [2.45, 2.75) is 83.9 Å². The molecular weight excluding hydrogens is 515 g/mol. The van der Waals surface area contributed by atoms with Crippen LogP contribution in [0.3, 0.4) is 0 Å². The number of halogens is 3. The van der Waals surface area contributed by atoms with E-state index in [0.717, 1.165) is 64.8 Å². The van der Waals surface area contributed by atoms with Gasteiger partial charge in [-0.15, -0.1) is 0 Å². The van der Waals surface area contributed by atoms with E-state index in [-0.39, 0.29) is 30.6 Å². The zero-order chi connectivity index (χ0) is 28.2. The van der Waals surface area contributed by atoms with Crippen molar-refractivity contribution in [1.29, 1.82) is 0 Å². The van der Waals surface area contributed by atoms with Crippen molar-refractivity contribution in [1.82, 2.24) is 14.5 Å². The van der Waals surface area contributed by atoms with Gasteiger partial charge in [0.25, 0.3) is 0 Å². The van der Waals surface area contributed by atoms with Crippen LogP contribution >= 0.6 is 0 Å². The lowest BCUT2D eigenvalue weighted by molar-refractivity contribution is -0.156. The van der Waals surface area contributed by atoms with Crippen LogP contribution in [0.25, 0.3) is 10.8 Å². The molecule has 1 spiro atoms. The highest BCUT2D eigenvalue weighted by Gasteiger charge is 2.55. The number of hydrogen-bond donors (Lipinski definition) is 0. The highest BCUT2D eigenvalue weighted by Crippen LogP contribution is 2.47. The summed E-state index contributed by atoms with van der Waals surface area (Å²) in [5.74, 6) is 0.338. The summed E-state index contributed by atoms with van der Waals surface area (Å²) < 4.78 is 41.0. The summed E-state index contributed by atoms with van der Waals surface area (Å²) in [5, 5.41) is 2.18. The van der Waals surface area contributed by atoms with Crippen molar-refractivity contribution in [2.75, 3.05) is 13.1 Å². The van der Waals surface area contributed by atoms with Crippen LogP contribution < -0.4 is 0 Å². The van der Waals surface area contributed by atoms with Gasteiger partial charge in [0.1, 0.15) is 5.82 Å². The highest BCUT2D eigenvalue weighted by molar-refractivity contribution is 5.98. The molecule has 2 aromatic carbocycles. The lowest BCUT2D eigenvalue weighted by atomic mass is 9.61. The quantitative estimate of drug-likeness (QED) is 0.367. The van der Waals surface area contributed by atoms with Crippen LogP contribution in [-0.2, 0) is 41.8 Å². The Bertz CT molecular complexity index is 1470. The summed E-state index contributed by atoms with van der Waals surface area (Å²) in [4.78, 5) is 33.8. The molecule has 1 unspecified atom stereocenters. The number of amides is 1. The first-order valence-corrected chi connectivity index (χ1v) is 14.5. The van der Waals surface area contributed by atoms with E-state index in [4.69, 9.17) is 4.98 Å². The molecule has 6 rings (SSSR count). The summed E-state index contributed by atoms with van der Waals surface area (Å²) in [6, 6.07) is 12.4. The molecule has 1 aliphatic heterocycles. The van der Waals surface area contributed by atoms with Gasteiger partial charge in [-0.05, 0) is 60.4 Å². The van der Waals surface area contributed by atoms with Gasteiger partial charge in [-0.3, -0.25) is 9.59 Å². The Balaban J connectivity index is 1.38. The molecule has 212 valence electrons. The molecule has 1 amide bonds. The Morgan fingerprint density at radius 3 is 2.50 bits per heavy atom. The normalized spacial score (nSPS) is 20.1. The summed E-state index contributed by atoms with van der Waals surface area (Å²) in [6.07, 6.45) is -0.423. The lowest BCUT2D eigenvalue weighted by Crippen LogP contribution is -2.65. The van der Waals surface area contributed by atoms with Gasteiger partial charge in [0.05, 0.1) is 17.0 Å². The first kappa shape index (κ1) is 27.0. The predicted octanol–water partition coefficient (Wildman–Crippen LogP) is 6.19. The van der Waals surface area contributed by atoms with E-state index in [9.17, 15) is 22.8 Å². The number of alkyl halides is 3. The second-order valence-corrected chi connectivity index (χ2v) is 12.3. The number of aryl methyl sites for hydroxylation is 1. The maximum Gasteiger partial charge on any atom is 0.389 e. The third kappa shape index (κ3) is 4.83. The maximum atomic E-state index is 14.3. The maximum absolute atomic E-state index is 14.3. The predicted molar refractivity (Wildman–Crippen MR) is 147 cm³/mol. The smallest absolute Gasteiger partial charge is 0.340 e. The molecule has 40 heavy (non-hydrogen) atoms. The number of aromatic nitrogens is 2. The number of benzene rings is 2. The minimum atomic E-state index is -4.20. The molecule has 0 saturated carbocycles. The number of likely N-dealkylation sites (tertiary alicyclic amines) is 1. The number of imidazole rings is 1. The first-order valence-electron chi connectivity index (χ1n) is 14.5. The van der Waals surface area contributed by atoms with Gasteiger partial charge in [-0.2, -0.15) is 13.2 Å². The fourth-order valence-electron chi connectivity index (χ4n) is 7.12. The van der Waals surface area contributed by atoms with Gasteiger partial charge in [-0.1, -0.05) is 50.2 Å². The van der Waals surface area contributed by atoms with Gasteiger partial charge in [0.2, 0.25) is 5.91 Å². The molecule has 1 saturated heterocycles. The highest BCUT2D eigenvalue weighted by atomic mass is 19.4. The Kier molecular flexibility index (Phi) is 6.78. The van der Waals surface area contributed by atoms with E-state index in [0.29, 0.717) is 25.9 Å². The van der Waals surface area contributed by atoms with Crippen LogP contribution in [0.1, 0.15) is 73.8 Å². The van der Waals surface area contributed by atoms with Gasteiger partial charge >= 0.3 is 6.18 Å². The van der Waals surface area contributed by atoms with Crippen LogP contribution in [0.5, 0.6) is 0 Å². The summed E-state index contributed by atoms with van der Waals surface area (Å²) >= 11 is 0. The molecule has 5 nitrogen and oxygen atoms in total. The van der Waals surface area contributed by atoms with Crippen LogP contribution in [-0.4, -0.2) is 45.4 Å². The number of carbonyl (C=O) groups is 2. The lowest BCUT2D eigenvalue weighted by Gasteiger charge is -2.53. The van der Waals surface area contributed by atoms with E-state index < -0.39 is 23.9 Å². The van der Waals surface area contributed by atoms with E-state index in [1.54, 1.807) is 4.90 Å². The minimum Gasteiger partial charge on any atom is -0.340 e. The zero-order valence-electron chi connectivity index (χ0n) is 23.2. The van der Waals surface area contributed by atoms with Crippen molar-refractivity contribution < 1.29 is 22.8 Å². The summed E-state index contributed by atoms with van der Waals surface area (Å²) in [6.45, 7) is 4.84. The van der Waals surface area contributed by atoms with Crippen LogP contribution in [0.2, 0.25) is 0 Å². The molecule has 0 N–H and O–H groups in total. The van der Waals surface area contributed by atoms with Crippen molar-refractivity contribution in [3.05, 3.63) is 64.7 Å². The van der Waals surface area contributed by atoms with Crippen molar-refractivity contribution >= 4 is 22.5 Å².